The Labute approximate surface area is 190 Å². The molecule has 2 heterocycles. The fourth-order valence-corrected chi connectivity index (χ4v) is 3.43. The molecule has 1 amide bonds. The number of hydrogen-bond donors (Lipinski definition) is 2. The van der Waals surface area contributed by atoms with Gasteiger partial charge in [-0.25, -0.2) is 4.99 Å². The largest absolute Gasteiger partial charge is 0.488 e. The molecule has 0 spiro atoms. The molecule has 1 aromatic carbocycles. The van der Waals surface area contributed by atoms with Crippen molar-refractivity contribution in [1.82, 2.24) is 15.5 Å². The molecule has 0 aliphatic carbocycles. The SMILES string of the molecule is CCNC(=NCc1ccc(C)cc1OC1CCOC1)NCC(=O)N1CCCC1.I. The second kappa shape index (κ2) is 12.2. The number of aryl methyl sites for hydroxylation is 1. The van der Waals surface area contributed by atoms with Gasteiger partial charge in [-0.15, -0.1) is 24.0 Å². The van der Waals surface area contributed by atoms with Crippen molar-refractivity contribution in [3.05, 3.63) is 29.3 Å². The summed E-state index contributed by atoms with van der Waals surface area (Å²) < 4.78 is 11.6. The summed E-state index contributed by atoms with van der Waals surface area (Å²) in [7, 11) is 0. The number of guanidine groups is 1. The van der Waals surface area contributed by atoms with Crippen LogP contribution in [-0.4, -0.2) is 62.3 Å². The first-order chi connectivity index (χ1) is 13.7. The zero-order chi connectivity index (χ0) is 19.8. The number of hydrogen-bond acceptors (Lipinski definition) is 4. The van der Waals surface area contributed by atoms with Crippen molar-refractivity contribution >= 4 is 35.8 Å². The van der Waals surface area contributed by atoms with Crippen LogP contribution in [0.1, 0.15) is 37.3 Å². The van der Waals surface area contributed by atoms with Gasteiger partial charge in [-0.1, -0.05) is 12.1 Å². The minimum absolute atomic E-state index is 0. The predicted molar refractivity (Wildman–Crippen MR) is 125 cm³/mol. The average Bonchev–Trinajstić information content (AvgIpc) is 3.39. The third-order valence-corrected chi connectivity index (χ3v) is 5.02. The van der Waals surface area contributed by atoms with Crippen LogP contribution in [0, 0.1) is 6.92 Å². The minimum atomic E-state index is 0. The lowest BCUT2D eigenvalue weighted by Gasteiger charge is -2.18. The Kier molecular flexibility index (Phi) is 9.99. The lowest BCUT2D eigenvalue weighted by Crippen LogP contribution is -2.44. The third-order valence-electron chi connectivity index (χ3n) is 5.02. The number of ether oxygens (including phenoxy) is 2. The quantitative estimate of drug-likeness (QED) is 0.331. The van der Waals surface area contributed by atoms with Crippen LogP contribution in [0.15, 0.2) is 23.2 Å². The number of rotatable bonds is 7. The van der Waals surface area contributed by atoms with Crippen LogP contribution in [0.3, 0.4) is 0 Å². The zero-order valence-electron chi connectivity index (χ0n) is 17.4. The van der Waals surface area contributed by atoms with Gasteiger partial charge in [-0.2, -0.15) is 0 Å². The van der Waals surface area contributed by atoms with Crippen molar-refractivity contribution in [1.29, 1.82) is 0 Å². The summed E-state index contributed by atoms with van der Waals surface area (Å²) in [6.07, 6.45) is 3.22. The lowest BCUT2D eigenvalue weighted by atomic mass is 10.1. The van der Waals surface area contributed by atoms with Crippen molar-refractivity contribution in [2.24, 2.45) is 4.99 Å². The van der Waals surface area contributed by atoms with Crippen LogP contribution in [0.4, 0.5) is 0 Å². The topological polar surface area (TPSA) is 75.2 Å². The molecule has 162 valence electrons. The Morgan fingerprint density at radius 2 is 2.10 bits per heavy atom. The Balaban J connectivity index is 0.00000300. The molecule has 0 radical (unpaired) electrons. The van der Waals surface area contributed by atoms with E-state index in [0.717, 1.165) is 62.4 Å². The van der Waals surface area contributed by atoms with Crippen molar-refractivity contribution in [2.75, 3.05) is 39.4 Å². The van der Waals surface area contributed by atoms with Gasteiger partial charge < -0.3 is 25.0 Å². The summed E-state index contributed by atoms with van der Waals surface area (Å²) in [5, 5.41) is 6.37. The fourth-order valence-electron chi connectivity index (χ4n) is 3.43. The molecule has 2 fully saturated rings. The molecule has 1 unspecified atom stereocenters. The Hall–Kier alpha value is -1.55. The number of nitrogens with zero attached hydrogens (tertiary/aromatic N) is 2. The molecule has 2 aliphatic rings. The molecule has 3 rings (SSSR count). The van der Waals surface area contributed by atoms with Crippen molar-refractivity contribution in [2.45, 2.75) is 45.8 Å². The highest BCUT2D eigenvalue weighted by atomic mass is 127. The maximum Gasteiger partial charge on any atom is 0.241 e. The monoisotopic (exact) mass is 516 g/mol. The van der Waals surface area contributed by atoms with Gasteiger partial charge in [-0.05, 0) is 38.3 Å². The maximum absolute atomic E-state index is 12.3. The van der Waals surface area contributed by atoms with Crippen molar-refractivity contribution < 1.29 is 14.3 Å². The van der Waals surface area contributed by atoms with Crippen LogP contribution in [-0.2, 0) is 16.1 Å². The van der Waals surface area contributed by atoms with Crippen LogP contribution in [0.5, 0.6) is 5.75 Å². The Morgan fingerprint density at radius 3 is 2.79 bits per heavy atom. The molecule has 0 bridgehead atoms. The highest BCUT2D eigenvalue weighted by molar-refractivity contribution is 14.0. The Bertz CT molecular complexity index is 687. The van der Waals surface area contributed by atoms with Crippen LogP contribution in [0.25, 0.3) is 0 Å². The standard InChI is InChI=1S/C21H32N4O3.HI/c1-3-22-21(24-14-20(26)25-9-4-5-10-25)23-13-17-7-6-16(2)12-19(17)28-18-8-11-27-15-18;/h6-7,12,18H,3-5,8-11,13-15H2,1-2H3,(H2,22,23,24);1H. The van der Waals surface area contributed by atoms with Gasteiger partial charge in [0.15, 0.2) is 5.96 Å². The van der Waals surface area contributed by atoms with Crippen LogP contribution in [0.2, 0.25) is 0 Å². The van der Waals surface area contributed by atoms with Gasteiger partial charge >= 0.3 is 0 Å². The van der Waals surface area contributed by atoms with Gasteiger partial charge in [0.2, 0.25) is 5.91 Å². The van der Waals surface area contributed by atoms with E-state index in [2.05, 4.69) is 40.7 Å². The predicted octanol–water partition coefficient (Wildman–Crippen LogP) is 2.46. The number of nitrogens with one attached hydrogen (secondary N) is 2. The van der Waals surface area contributed by atoms with E-state index in [9.17, 15) is 4.79 Å². The fraction of sp³-hybridized carbons (Fsp3) is 0.619. The summed E-state index contributed by atoms with van der Waals surface area (Å²) in [5.41, 5.74) is 2.18. The van der Waals surface area contributed by atoms with Gasteiger partial charge in [0.1, 0.15) is 11.9 Å². The van der Waals surface area contributed by atoms with E-state index in [1.165, 1.54) is 0 Å². The summed E-state index contributed by atoms with van der Waals surface area (Å²) in [6, 6.07) is 6.18. The number of amides is 1. The maximum atomic E-state index is 12.3. The molecular weight excluding hydrogens is 483 g/mol. The Morgan fingerprint density at radius 1 is 1.31 bits per heavy atom. The first-order valence-corrected chi connectivity index (χ1v) is 10.3. The summed E-state index contributed by atoms with van der Waals surface area (Å²) >= 11 is 0. The normalized spacial score (nSPS) is 19.0. The first kappa shape index (κ1) is 23.7. The molecule has 0 aromatic heterocycles. The first-order valence-electron chi connectivity index (χ1n) is 10.3. The highest BCUT2D eigenvalue weighted by Gasteiger charge is 2.19. The van der Waals surface area contributed by atoms with E-state index in [1.54, 1.807) is 0 Å². The molecular formula is C21H33IN4O3. The number of carbonyl (C=O) groups excluding carboxylic acids is 1. The molecule has 2 saturated heterocycles. The van der Waals surface area contributed by atoms with E-state index in [0.29, 0.717) is 19.1 Å². The van der Waals surface area contributed by atoms with E-state index in [4.69, 9.17) is 9.47 Å². The molecule has 7 nitrogen and oxygen atoms in total. The molecule has 8 heteroatoms. The zero-order valence-corrected chi connectivity index (χ0v) is 19.7. The third kappa shape index (κ3) is 7.33. The van der Waals surface area contributed by atoms with E-state index < -0.39 is 0 Å². The minimum Gasteiger partial charge on any atom is -0.488 e. The molecule has 2 N–H and O–H groups in total. The van der Waals surface area contributed by atoms with E-state index >= 15 is 0 Å². The highest BCUT2D eigenvalue weighted by Crippen LogP contribution is 2.24. The molecule has 1 atom stereocenters. The van der Waals surface area contributed by atoms with Crippen LogP contribution >= 0.6 is 24.0 Å². The number of aliphatic imine (C=N–C) groups is 1. The number of halogens is 1. The smallest absolute Gasteiger partial charge is 0.241 e. The molecule has 29 heavy (non-hydrogen) atoms. The molecule has 1 aromatic rings. The van der Waals surface area contributed by atoms with E-state index in [1.807, 2.05) is 11.8 Å². The van der Waals surface area contributed by atoms with Gasteiger partial charge in [0, 0.05) is 31.6 Å². The van der Waals surface area contributed by atoms with Gasteiger partial charge in [-0.3, -0.25) is 4.79 Å². The number of likely N-dealkylation sites (tertiary alicyclic amines) is 1. The molecule has 0 saturated carbocycles. The lowest BCUT2D eigenvalue weighted by molar-refractivity contribution is -0.128. The van der Waals surface area contributed by atoms with Gasteiger partial charge in [0.25, 0.3) is 0 Å². The van der Waals surface area contributed by atoms with E-state index in [-0.39, 0.29) is 42.5 Å². The van der Waals surface area contributed by atoms with Crippen molar-refractivity contribution in [3.8, 4) is 5.75 Å². The van der Waals surface area contributed by atoms with Crippen LogP contribution < -0.4 is 15.4 Å². The van der Waals surface area contributed by atoms with Gasteiger partial charge in [0.05, 0.1) is 26.3 Å². The molecule has 2 aliphatic heterocycles. The number of carbonyl (C=O) groups is 1. The second-order valence-electron chi connectivity index (χ2n) is 7.35. The number of benzene rings is 1. The summed E-state index contributed by atoms with van der Waals surface area (Å²) in [6.45, 7) is 8.68. The summed E-state index contributed by atoms with van der Waals surface area (Å²) in [5.74, 6) is 1.64. The summed E-state index contributed by atoms with van der Waals surface area (Å²) in [4.78, 5) is 18.8. The van der Waals surface area contributed by atoms with Crippen molar-refractivity contribution in [3.63, 3.8) is 0 Å². The second-order valence-corrected chi connectivity index (χ2v) is 7.35. The average molecular weight is 516 g/mol.